The van der Waals surface area contributed by atoms with Crippen LogP contribution in [0.3, 0.4) is 0 Å². The van der Waals surface area contributed by atoms with E-state index in [0.29, 0.717) is 6.61 Å². The lowest BCUT2D eigenvalue weighted by molar-refractivity contribution is 0.299. The fourth-order valence-electron chi connectivity index (χ4n) is 2.03. The van der Waals surface area contributed by atoms with Crippen molar-refractivity contribution in [2.24, 2.45) is 0 Å². The summed E-state index contributed by atoms with van der Waals surface area (Å²) in [6, 6.07) is 12.4. The van der Waals surface area contributed by atoms with Gasteiger partial charge in [-0.2, -0.15) is 0 Å². The molecule has 19 heavy (non-hydrogen) atoms. The van der Waals surface area contributed by atoms with Crippen LogP contribution in [0.25, 0.3) is 0 Å². The van der Waals surface area contributed by atoms with Gasteiger partial charge in [0.1, 0.15) is 12.4 Å². The molecule has 1 unspecified atom stereocenters. The molecule has 1 aromatic carbocycles. The van der Waals surface area contributed by atoms with Crippen LogP contribution >= 0.6 is 0 Å². The molecule has 0 fully saturated rings. The van der Waals surface area contributed by atoms with Crippen LogP contribution in [0.15, 0.2) is 48.8 Å². The predicted molar refractivity (Wildman–Crippen MR) is 77.1 cm³/mol. The van der Waals surface area contributed by atoms with E-state index in [1.165, 1.54) is 5.56 Å². The Morgan fingerprint density at radius 2 is 2.05 bits per heavy atom. The van der Waals surface area contributed by atoms with Crippen molar-refractivity contribution in [2.45, 2.75) is 26.5 Å². The van der Waals surface area contributed by atoms with Crippen molar-refractivity contribution >= 4 is 0 Å². The van der Waals surface area contributed by atoms with E-state index in [4.69, 9.17) is 4.74 Å². The second-order valence-corrected chi connectivity index (χ2v) is 4.47. The Morgan fingerprint density at radius 1 is 1.21 bits per heavy atom. The minimum Gasteiger partial charge on any atom is -0.489 e. The van der Waals surface area contributed by atoms with Crippen molar-refractivity contribution in [3.63, 3.8) is 0 Å². The number of nitrogens with one attached hydrogen (secondary N) is 1. The van der Waals surface area contributed by atoms with E-state index in [-0.39, 0.29) is 6.04 Å². The zero-order valence-corrected chi connectivity index (χ0v) is 11.5. The summed E-state index contributed by atoms with van der Waals surface area (Å²) < 4.78 is 5.91. The summed E-state index contributed by atoms with van der Waals surface area (Å²) in [7, 11) is 0. The number of nitrogens with zero attached hydrogens (tertiary/aromatic N) is 1. The summed E-state index contributed by atoms with van der Waals surface area (Å²) in [5.74, 6) is 0.930. The Hall–Kier alpha value is -1.87. The second-order valence-electron chi connectivity index (χ2n) is 4.47. The molecule has 0 amide bonds. The van der Waals surface area contributed by atoms with E-state index in [1.807, 2.05) is 36.5 Å². The Kier molecular flexibility index (Phi) is 4.93. The quantitative estimate of drug-likeness (QED) is 0.860. The topological polar surface area (TPSA) is 34.1 Å². The average Bonchev–Trinajstić information content (AvgIpc) is 2.47. The third-order valence-electron chi connectivity index (χ3n) is 3.01. The number of hydrogen-bond acceptors (Lipinski definition) is 3. The molecule has 3 heteroatoms. The van der Waals surface area contributed by atoms with Gasteiger partial charge >= 0.3 is 0 Å². The number of aromatic nitrogens is 1. The van der Waals surface area contributed by atoms with E-state index < -0.39 is 0 Å². The van der Waals surface area contributed by atoms with E-state index in [9.17, 15) is 0 Å². The smallest absolute Gasteiger partial charge is 0.124 e. The van der Waals surface area contributed by atoms with Crippen molar-refractivity contribution in [3.05, 3.63) is 59.9 Å². The number of para-hydroxylation sites is 1. The molecule has 100 valence electrons. The van der Waals surface area contributed by atoms with Crippen LogP contribution in [0.4, 0.5) is 0 Å². The number of pyridine rings is 1. The molecule has 3 nitrogen and oxygen atoms in total. The summed E-state index contributed by atoms with van der Waals surface area (Å²) >= 11 is 0. The lowest BCUT2D eigenvalue weighted by atomic mass is 10.1. The summed E-state index contributed by atoms with van der Waals surface area (Å²) in [5.41, 5.74) is 2.27. The summed E-state index contributed by atoms with van der Waals surface area (Å²) in [4.78, 5) is 4.09. The first-order valence-electron chi connectivity index (χ1n) is 6.65. The minimum absolute atomic E-state index is 0.287. The molecule has 0 aliphatic rings. The van der Waals surface area contributed by atoms with Gasteiger partial charge in [-0.05, 0) is 25.6 Å². The minimum atomic E-state index is 0.287. The normalized spacial score (nSPS) is 12.1. The monoisotopic (exact) mass is 256 g/mol. The van der Waals surface area contributed by atoms with Gasteiger partial charge in [0.2, 0.25) is 0 Å². The zero-order valence-electron chi connectivity index (χ0n) is 11.5. The van der Waals surface area contributed by atoms with E-state index in [2.05, 4.69) is 30.2 Å². The third-order valence-corrected chi connectivity index (χ3v) is 3.01. The zero-order chi connectivity index (χ0) is 13.5. The van der Waals surface area contributed by atoms with Crippen LogP contribution < -0.4 is 10.1 Å². The Morgan fingerprint density at radius 3 is 2.79 bits per heavy atom. The molecule has 1 N–H and O–H groups in total. The third kappa shape index (κ3) is 3.80. The number of ether oxygens (including phenoxy) is 1. The van der Waals surface area contributed by atoms with Crippen molar-refractivity contribution in [2.75, 3.05) is 6.54 Å². The Bertz CT molecular complexity index is 499. The van der Waals surface area contributed by atoms with Gasteiger partial charge in [-0.15, -0.1) is 0 Å². The van der Waals surface area contributed by atoms with Crippen LogP contribution in [0.2, 0.25) is 0 Å². The van der Waals surface area contributed by atoms with Crippen LogP contribution in [0.5, 0.6) is 5.75 Å². The second kappa shape index (κ2) is 6.90. The van der Waals surface area contributed by atoms with Gasteiger partial charge in [-0.3, -0.25) is 4.98 Å². The van der Waals surface area contributed by atoms with Crippen molar-refractivity contribution in [3.8, 4) is 5.75 Å². The standard InChI is InChI=1S/C16H20N2O/c1-3-18-13(2)15-8-4-5-9-16(15)19-12-14-7-6-10-17-11-14/h4-11,13,18H,3,12H2,1-2H3. The molecular formula is C16H20N2O. The van der Waals surface area contributed by atoms with Crippen molar-refractivity contribution < 1.29 is 4.74 Å². The first-order chi connectivity index (χ1) is 9.31. The van der Waals surface area contributed by atoms with E-state index in [1.54, 1.807) is 6.20 Å². The largest absolute Gasteiger partial charge is 0.489 e. The van der Waals surface area contributed by atoms with E-state index >= 15 is 0 Å². The summed E-state index contributed by atoms with van der Waals surface area (Å²) in [5, 5.41) is 3.41. The molecule has 2 aromatic rings. The van der Waals surface area contributed by atoms with Crippen LogP contribution in [0.1, 0.15) is 31.0 Å². The number of rotatable bonds is 6. The lowest BCUT2D eigenvalue weighted by Gasteiger charge is -2.17. The molecule has 1 heterocycles. The molecule has 0 aliphatic heterocycles. The van der Waals surface area contributed by atoms with Gasteiger partial charge in [0, 0.05) is 29.6 Å². The van der Waals surface area contributed by atoms with Gasteiger partial charge in [0.15, 0.2) is 0 Å². The highest BCUT2D eigenvalue weighted by molar-refractivity contribution is 5.35. The fraction of sp³-hybridized carbons (Fsp3) is 0.312. The molecule has 2 rings (SSSR count). The van der Waals surface area contributed by atoms with Gasteiger partial charge in [-0.25, -0.2) is 0 Å². The Labute approximate surface area is 114 Å². The maximum Gasteiger partial charge on any atom is 0.124 e. The highest BCUT2D eigenvalue weighted by atomic mass is 16.5. The molecule has 1 atom stereocenters. The van der Waals surface area contributed by atoms with Gasteiger partial charge in [0.05, 0.1) is 0 Å². The number of hydrogen-bond donors (Lipinski definition) is 1. The molecule has 1 aromatic heterocycles. The van der Waals surface area contributed by atoms with Gasteiger partial charge < -0.3 is 10.1 Å². The predicted octanol–water partition coefficient (Wildman–Crippen LogP) is 3.33. The summed E-state index contributed by atoms with van der Waals surface area (Å²) in [6.45, 7) is 5.74. The maximum absolute atomic E-state index is 5.91. The first-order valence-corrected chi connectivity index (χ1v) is 6.65. The highest BCUT2D eigenvalue weighted by Gasteiger charge is 2.09. The molecular weight excluding hydrogens is 236 g/mol. The maximum atomic E-state index is 5.91. The van der Waals surface area contributed by atoms with Crippen LogP contribution in [0, 0.1) is 0 Å². The average molecular weight is 256 g/mol. The molecule has 0 spiro atoms. The lowest BCUT2D eigenvalue weighted by Crippen LogP contribution is -2.18. The van der Waals surface area contributed by atoms with E-state index in [0.717, 1.165) is 17.9 Å². The SMILES string of the molecule is CCNC(C)c1ccccc1OCc1cccnc1. The van der Waals surface area contributed by atoms with Crippen LogP contribution in [-0.4, -0.2) is 11.5 Å². The fourth-order valence-corrected chi connectivity index (χ4v) is 2.03. The molecule has 0 aliphatic carbocycles. The van der Waals surface area contributed by atoms with Crippen molar-refractivity contribution in [1.29, 1.82) is 0 Å². The molecule has 0 radical (unpaired) electrons. The first kappa shape index (κ1) is 13.6. The number of benzene rings is 1. The highest BCUT2D eigenvalue weighted by Crippen LogP contribution is 2.25. The summed E-state index contributed by atoms with van der Waals surface area (Å²) in [6.07, 6.45) is 3.60. The van der Waals surface area contributed by atoms with Gasteiger partial charge in [0.25, 0.3) is 0 Å². The molecule has 0 saturated carbocycles. The van der Waals surface area contributed by atoms with Gasteiger partial charge in [-0.1, -0.05) is 31.2 Å². The molecule has 0 saturated heterocycles. The van der Waals surface area contributed by atoms with Crippen LogP contribution in [-0.2, 0) is 6.61 Å². The Balaban J connectivity index is 2.07. The molecule has 0 bridgehead atoms. The van der Waals surface area contributed by atoms with Crippen molar-refractivity contribution in [1.82, 2.24) is 10.3 Å².